The van der Waals surface area contributed by atoms with Gasteiger partial charge in [0.05, 0.1) is 0 Å². The molecule has 88 valence electrons. The van der Waals surface area contributed by atoms with E-state index in [9.17, 15) is 4.79 Å². The molecule has 1 aliphatic rings. The van der Waals surface area contributed by atoms with Crippen molar-refractivity contribution in [2.24, 2.45) is 5.92 Å². The van der Waals surface area contributed by atoms with E-state index in [1.54, 1.807) is 0 Å². The number of anilines is 1. The van der Waals surface area contributed by atoms with Crippen molar-refractivity contribution in [3.05, 3.63) is 10.8 Å². The van der Waals surface area contributed by atoms with Gasteiger partial charge in [0.2, 0.25) is 5.91 Å². The molecule has 1 fully saturated rings. The highest BCUT2D eigenvalue weighted by Crippen LogP contribution is 2.36. The predicted octanol–water partition coefficient (Wildman–Crippen LogP) is 2.97. The zero-order valence-corrected chi connectivity index (χ0v) is 10.4. The molecule has 16 heavy (non-hydrogen) atoms. The van der Waals surface area contributed by atoms with Gasteiger partial charge in [-0.25, -0.2) is 0 Å². The Kier molecular flexibility index (Phi) is 2.70. The first-order valence-electron chi connectivity index (χ1n) is 5.36. The maximum absolute atomic E-state index is 11.5. The average molecular weight is 243 g/mol. The molecule has 0 unspecified atom stereocenters. The maximum atomic E-state index is 11.5. The van der Waals surface area contributed by atoms with Gasteiger partial charge in [0.1, 0.15) is 5.02 Å². The molecule has 4 nitrogen and oxygen atoms in total. The normalized spacial score (nSPS) is 16.2. The van der Waals surface area contributed by atoms with Crippen molar-refractivity contribution in [3.8, 4) is 0 Å². The first-order valence-corrected chi connectivity index (χ1v) is 5.74. The van der Waals surface area contributed by atoms with Crippen LogP contribution in [0.5, 0.6) is 0 Å². The highest BCUT2D eigenvalue weighted by Gasteiger charge is 2.32. The minimum atomic E-state index is -0.216. The summed E-state index contributed by atoms with van der Waals surface area (Å²) in [5, 5.41) is 6.89. The zero-order chi connectivity index (χ0) is 11.9. The van der Waals surface area contributed by atoms with E-state index in [2.05, 4.69) is 10.5 Å². The number of rotatable bonds is 2. The Hall–Kier alpha value is -1.03. The van der Waals surface area contributed by atoms with Crippen LogP contribution in [0, 0.1) is 5.92 Å². The molecule has 0 bridgehead atoms. The van der Waals surface area contributed by atoms with Crippen molar-refractivity contribution in [1.82, 2.24) is 5.16 Å². The van der Waals surface area contributed by atoms with Gasteiger partial charge in [0.15, 0.2) is 11.6 Å². The Morgan fingerprint density at radius 2 is 2.12 bits per heavy atom. The van der Waals surface area contributed by atoms with Gasteiger partial charge in [-0.2, -0.15) is 0 Å². The highest BCUT2D eigenvalue weighted by molar-refractivity contribution is 6.34. The summed E-state index contributed by atoms with van der Waals surface area (Å²) >= 11 is 6.11. The second kappa shape index (κ2) is 3.77. The minimum Gasteiger partial charge on any atom is -0.357 e. The van der Waals surface area contributed by atoms with Crippen molar-refractivity contribution in [2.45, 2.75) is 39.0 Å². The molecule has 1 aliphatic carbocycles. The van der Waals surface area contributed by atoms with Gasteiger partial charge in [-0.3, -0.25) is 4.79 Å². The summed E-state index contributed by atoms with van der Waals surface area (Å²) < 4.78 is 5.16. The number of aromatic nitrogens is 1. The van der Waals surface area contributed by atoms with Gasteiger partial charge < -0.3 is 9.84 Å². The number of halogens is 1. The van der Waals surface area contributed by atoms with Crippen LogP contribution in [0.25, 0.3) is 0 Å². The molecular formula is C11H15ClN2O2. The SMILES string of the molecule is CC(C)(C)c1onc(NC(=O)C2CC2)c1Cl. The topological polar surface area (TPSA) is 55.1 Å². The van der Waals surface area contributed by atoms with Crippen molar-refractivity contribution in [3.63, 3.8) is 0 Å². The van der Waals surface area contributed by atoms with Crippen LogP contribution in [0.1, 0.15) is 39.4 Å². The third-order valence-electron chi connectivity index (χ3n) is 2.51. The monoisotopic (exact) mass is 242 g/mol. The van der Waals surface area contributed by atoms with Crippen molar-refractivity contribution in [2.75, 3.05) is 5.32 Å². The van der Waals surface area contributed by atoms with Gasteiger partial charge in [-0.1, -0.05) is 37.5 Å². The first kappa shape index (κ1) is 11.5. The number of carbonyl (C=O) groups excluding carboxylic acids is 1. The van der Waals surface area contributed by atoms with E-state index in [1.165, 1.54) is 0 Å². The highest BCUT2D eigenvalue weighted by atomic mass is 35.5. The summed E-state index contributed by atoms with van der Waals surface area (Å²) in [6, 6.07) is 0. The predicted molar refractivity (Wildman–Crippen MR) is 61.6 cm³/mol. The average Bonchev–Trinajstić information content (AvgIpc) is 2.92. The standard InChI is InChI=1S/C11H15ClN2O2/c1-11(2,3)8-7(12)9(14-16-8)13-10(15)6-4-5-6/h6H,4-5H2,1-3H3,(H,13,14,15). The second-order valence-electron chi connectivity index (χ2n) is 5.19. The quantitative estimate of drug-likeness (QED) is 0.868. The lowest BCUT2D eigenvalue weighted by atomic mass is 9.93. The minimum absolute atomic E-state index is 0.0179. The fourth-order valence-electron chi connectivity index (χ4n) is 1.39. The van der Waals surface area contributed by atoms with E-state index >= 15 is 0 Å². The van der Waals surface area contributed by atoms with Crippen LogP contribution < -0.4 is 5.32 Å². The molecule has 0 saturated heterocycles. The third kappa shape index (κ3) is 2.21. The molecule has 1 heterocycles. The Bertz CT molecular complexity index is 416. The summed E-state index contributed by atoms with van der Waals surface area (Å²) in [7, 11) is 0. The molecule has 2 rings (SSSR count). The number of hydrogen-bond donors (Lipinski definition) is 1. The molecule has 1 aromatic heterocycles. The number of nitrogens with one attached hydrogen (secondary N) is 1. The first-order chi connectivity index (χ1) is 7.39. The second-order valence-corrected chi connectivity index (χ2v) is 5.57. The largest absolute Gasteiger partial charge is 0.357 e. The third-order valence-corrected chi connectivity index (χ3v) is 2.86. The van der Waals surface area contributed by atoms with E-state index < -0.39 is 0 Å². The number of carbonyl (C=O) groups is 1. The van der Waals surface area contributed by atoms with Gasteiger partial charge >= 0.3 is 0 Å². The zero-order valence-electron chi connectivity index (χ0n) is 9.63. The number of amides is 1. The Morgan fingerprint density at radius 1 is 1.50 bits per heavy atom. The number of hydrogen-bond acceptors (Lipinski definition) is 3. The fraction of sp³-hybridized carbons (Fsp3) is 0.636. The molecule has 0 spiro atoms. The molecular weight excluding hydrogens is 228 g/mol. The van der Waals surface area contributed by atoms with Crippen molar-refractivity contribution >= 4 is 23.3 Å². The van der Waals surface area contributed by atoms with E-state index in [1.807, 2.05) is 20.8 Å². The van der Waals surface area contributed by atoms with Crippen LogP contribution in [0.4, 0.5) is 5.82 Å². The summed E-state index contributed by atoms with van der Waals surface area (Å²) in [6.45, 7) is 5.93. The van der Waals surface area contributed by atoms with Crippen LogP contribution >= 0.6 is 11.6 Å². The van der Waals surface area contributed by atoms with E-state index in [0.29, 0.717) is 16.6 Å². The summed E-state index contributed by atoms with van der Waals surface area (Å²) in [5.41, 5.74) is -0.216. The van der Waals surface area contributed by atoms with Crippen molar-refractivity contribution in [1.29, 1.82) is 0 Å². The smallest absolute Gasteiger partial charge is 0.228 e. The van der Waals surface area contributed by atoms with E-state index in [-0.39, 0.29) is 17.2 Å². The van der Waals surface area contributed by atoms with E-state index in [0.717, 1.165) is 12.8 Å². The Balaban J connectivity index is 2.16. The molecule has 5 heteroatoms. The van der Waals surface area contributed by atoms with Crippen LogP contribution in [-0.2, 0) is 10.2 Å². The molecule has 0 radical (unpaired) electrons. The molecule has 1 saturated carbocycles. The van der Waals surface area contributed by atoms with Gasteiger partial charge in [0.25, 0.3) is 0 Å². The van der Waals surface area contributed by atoms with Gasteiger partial charge in [-0.05, 0) is 12.8 Å². The van der Waals surface area contributed by atoms with Gasteiger partial charge in [0, 0.05) is 11.3 Å². The Labute approximate surface area is 99.3 Å². The van der Waals surface area contributed by atoms with Crippen LogP contribution in [0.15, 0.2) is 4.52 Å². The van der Waals surface area contributed by atoms with Crippen molar-refractivity contribution < 1.29 is 9.32 Å². The molecule has 1 amide bonds. The van der Waals surface area contributed by atoms with Crippen LogP contribution in [0.3, 0.4) is 0 Å². The molecule has 0 aromatic carbocycles. The lowest BCUT2D eigenvalue weighted by molar-refractivity contribution is -0.117. The lowest BCUT2D eigenvalue weighted by Crippen LogP contribution is -2.14. The van der Waals surface area contributed by atoms with Gasteiger partial charge in [-0.15, -0.1) is 0 Å². The fourth-order valence-corrected chi connectivity index (χ4v) is 1.79. The molecule has 0 aliphatic heterocycles. The summed E-state index contributed by atoms with van der Waals surface area (Å²) in [6.07, 6.45) is 1.90. The maximum Gasteiger partial charge on any atom is 0.228 e. The summed E-state index contributed by atoms with van der Waals surface area (Å²) in [5.74, 6) is 1.05. The molecule has 0 atom stereocenters. The molecule has 1 aromatic rings. The van der Waals surface area contributed by atoms with E-state index in [4.69, 9.17) is 16.1 Å². The number of nitrogens with zero attached hydrogens (tertiary/aromatic N) is 1. The Morgan fingerprint density at radius 3 is 2.56 bits per heavy atom. The lowest BCUT2D eigenvalue weighted by Gasteiger charge is -2.13. The summed E-state index contributed by atoms with van der Waals surface area (Å²) in [4.78, 5) is 11.5. The van der Waals surface area contributed by atoms with Crippen LogP contribution in [-0.4, -0.2) is 11.1 Å². The van der Waals surface area contributed by atoms with Crippen LogP contribution in [0.2, 0.25) is 5.02 Å². The molecule has 1 N–H and O–H groups in total.